The van der Waals surface area contributed by atoms with Crippen LogP contribution in [0.5, 0.6) is 0 Å². The van der Waals surface area contributed by atoms with Gasteiger partial charge < -0.3 is 20.5 Å². The fourth-order valence-corrected chi connectivity index (χ4v) is 1.60. The van der Waals surface area contributed by atoms with Gasteiger partial charge in [-0.25, -0.2) is 4.98 Å². The molecule has 108 valence electrons. The highest BCUT2D eigenvalue weighted by molar-refractivity contribution is 5.66. The molecule has 0 aliphatic carbocycles. The Kier molecular flexibility index (Phi) is 4.96. The number of halogens is 3. The van der Waals surface area contributed by atoms with Crippen LogP contribution in [0.4, 0.5) is 24.5 Å². The lowest BCUT2D eigenvalue weighted by atomic mass is 10.2. The third-order valence-corrected chi connectivity index (χ3v) is 2.46. The van der Waals surface area contributed by atoms with Gasteiger partial charge in [0, 0.05) is 20.7 Å². The fourth-order valence-electron chi connectivity index (χ4n) is 1.60. The molecule has 0 aliphatic rings. The van der Waals surface area contributed by atoms with Crippen molar-refractivity contribution in [3.8, 4) is 0 Å². The number of rotatable bonds is 5. The summed E-state index contributed by atoms with van der Waals surface area (Å²) in [5.74, 6) is 0. The minimum Gasteiger partial charge on any atom is -0.396 e. The first-order valence-electron chi connectivity index (χ1n) is 5.46. The molecular formula is C11H16F3N3O2. The number of nitrogens with two attached hydrogens (primary N) is 1. The largest absolute Gasteiger partial charge is 0.433 e. The van der Waals surface area contributed by atoms with Crippen LogP contribution < -0.4 is 10.6 Å². The molecule has 1 heterocycles. The highest BCUT2D eigenvalue weighted by atomic mass is 19.4. The van der Waals surface area contributed by atoms with E-state index >= 15 is 0 Å². The summed E-state index contributed by atoms with van der Waals surface area (Å²) in [5.41, 5.74) is 4.85. The maximum absolute atomic E-state index is 12.6. The molecule has 8 heteroatoms. The van der Waals surface area contributed by atoms with Gasteiger partial charge in [-0.15, -0.1) is 0 Å². The first-order chi connectivity index (χ1) is 8.75. The van der Waals surface area contributed by atoms with E-state index < -0.39 is 18.0 Å². The number of alkyl halides is 3. The van der Waals surface area contributed by atoms with Crippen LogP contribution >= 0.6 is 0 Å². The summed E-state index contributed by atoms with van der Waals surface area (Å²) in [7, 11) is 2.95. The number of hydrogen-bond acceptors (Lipinski definition) is 5. The standard InChI is InChI=1S/C11H16F3N3O2/c1-17(5-7(18)6-19-2)9-3-10(11(12,13)14)16-4-8(9)15/h3-4,7,18H,5-6,15H2,1-2H3. The van der Waals surface area contributed by atoms with Crippen molar-refractivity contribution in [1.82, 2.24) is 4.98 Å². The molecule has 0 bridgehead atoms. The van der Waals surface area contributed by atoms with Gasteiger partial charge in [-0.1, -0.05) is 0 Å². The molecule has 0 fully saturated rings. The van der Waals surface area contributed by atoms with Gasteiger partial charge in [0.05, 0.1) is 30.3 Å². The molecule has 1 rings (SSSR count). The Morgan fingerprint density at radius 2 is 2.16 bits per heavy atom. The number of methoxy groups -OCH3 is 1. The second-order valence-corrected chi connectivity index (χ2v) is 4.12. The maximum atomic E-state index is 12.6. The molecular weight excluding hydrogens is 263 g/mol. The summed E-state index contributed by atoms with van der Waals surface area (Å²) in [6.45, 7) is 0.181. The molecule has 0 amide bonds. The van der Waals surface area contributed by atoms with Gasteiger partial charge in [-0.2, -0.15) is 13.2 Å². The normalized spacial score (nSPS) is 13.4. The molecule has 19 heavy (non-hydrogen) atoms. The lowest BCUT2D eigenvalue weighted by Gasteiger charge is -2.24. The van der Waals surface area contributed by atoms with E-state index in [0.717, 1.165) is 12.3 Å². The first-order valence-corrected chi connectivity index (χ1v) is 5.46. The van der Waals surface area contributed by atoms with Gasteiger partial charge in [-0.3, -0.25) is 0 Å². The number of ether oxygens (including phenoxy) is 1. The predicted molar refractivity (Wildman–Crippen MR) is 64.8 cm³/mol. The van der Waals surface area contributed by atoms with E-state index in [1.54, 1.807) is 0 Å². The molecule has 1 aromatic rings. The van der Waals surface area contributed by atoms with Gasteiger partial charge >= 0.3 is 6.18 Å². The monoisotopic (exact) mass is 279 g/mol. The molecule has 0 spiro atoms. The second-order valence-electron chi connectivity index (χ2n) is 4.12. The minimum atomic E-state index is -4.53. The summed E-state index contributed by atoms with van der Waals surface area (Å²) < 4.78 is 42.4. The van der Waals surface area contributed by atoms with E-state index in [1.807, 2.05) is 0 Å². The Morgan fingerprint density at radius 1 is 1.53 bits per heavy atom. The van der Waals surface area contributed by atoms with Crippen molar-refractivity contribution in [2.75, 3.05) is 37.9 Å². The number of anilines is 2. The van der Waals surface area contributed by atoms with Crippen molar-refractivity contribution in [3.05, 3.63) is 18.0 Å². The molecule has 0 saturated carbocycles. The smallest absolute Gasteiger partial charge is 0.396 e. The summed E-state index contributed by atoms with van der Waals surface area (Å²) in [4.78, 5) is 4.67. The number of nitrogens with zero attached hydrogens (tertiary/aromatic N) is 2. The Bertz CT molecular complexity index is 426. The lowest BCUT2D eigenvalue weighted by molar-refractivity contribution is -0.141. The molecule has 1 atom stereocenters. The Morgan fingerprint density at radius 3 is 2.68 bits per heavy atom. The average Bonchev–Trinajstić information content (AvgIpc) is 2.27. The number of nitrogen functional groups attached to an aromatic ring is 1. The van der Waals surface area contributed by atoms with Gasteiger partial charge in [-0.05, 0) is 6.07 Å². The Hall–Kier alpha value is -1.54. The molecule has 0 saturated heterocycles. The number of likely N-dealkylation sites (N-methyl/N-ethyl adjacent to an activating group) is 1. The highest BCUT2D eigenvalue weighted by Crippen LogP contribution is 2.32. The van der Waals surface area contributed by atoms with Gasteiger partial charge in [0.2, 0.25) is 0 Å². The van der Waals surface area contributed by atoms with Crippen molar-refractivity contribution in [2.24, 2.45) is 0 Å². The van der Waals surface area contributed by atoms with E-state index in [0.29, 0.717) is 0 Å². The van der Waals surface area contributed by atoms with Crippen molar-refractivity contribution in [3.63, 3.8) is 0 Å². The van der Waals surface area contributed by atoms with Crippen molar-refractivity contribution in [2.45, 2.75) is 12.3 Å². The summed E-state index contributed by atoms with van der Waals surface area (Å²) in [5, 5.41) is 9.56. The highest BCUT2D eigenvalue weighted by Gasteiger charge is 2.33. The minimum absolute atomic E-state index is 0.0848. The van der Waals surface area contributed by atoms with E-state index in [4.69, 9.17) is 10.5 Å². The molecule has 0 radical (unpaired) electrons. The second kappa shape index (κ2) is 6.07. The van der Waals surface area contributed by atoms with Crippen LogP contribution in [-0.2, 0) is 10.9 Å². The predicted octanol–water partition coefficient (Wildman–Crippen LogP) is 1.13. The number of aromatic nitrogens is 1. The fraction of sp³-hybridized carbons (Fsp3) is 0.545. The Labute approximate surface area is 108 Å². The van der Waals surface area contributed by atoms with E-state index in [-0.39, 0.29) is 24.5 Å². The first kappa shape index (κ1) is 15.5. The molecule has 3 N–H and O–H groups in total. The topological polar surface area (TPSA) is 71.6 Å². The van der Waals surface area contributed by atoms with Crippen LogP contribution in [0.2, 0.25) is 0 Å². The van der Waals surface area contributed by atoms with Gasteiger partial charge in [0.25, 0.3) is 0 Å². The zero-order chi connectivity index (χ0) is 14.6. The maximum Gasteiger partial charge on any atom is 0.433 e. The van der Waals surface area contributed by atoms with Crippen LogP contribution in [-0.4, -0.2) is 43.5 Å². The van der Waals surface area contributed by atoms with Crippen LogP contribution in [0.1, 0.15) is 5.69 Å². The molecule has 5 nitrogen and oxygen atoms in total. The third-order valence-electron chi connectivity index (χ3n) is 2.46. The zero-order valence-electron chi connectivity index (χ0n) is 10.6. The van der Waals surface area contributed by atoms with E-state index in [1.165, 1.54) is 19.1 Å². The number of aliphatic hydroxyl groups excluding tert-OH is 1. The molecule has 0 aromatic carbocycles. The van der Waals surface area contributed by atoms with Gasteiger partial charge in [0.1, 0.15) is 5.69 Å². The molecule has 1 aromatic heterocycles. The van der Waals surface area contributed by atoms with Gasteiger partial charge in [0.15, 0.2) is 0 Å². The average molecular weight is 279 g/mol. The quantitative estimate of drug-likeness (QED) is 0.845. The summed E-state index contributed by atoms with van der Waals surface area (Å²) >= 11 is 0. The number of aliphatic hydroxyl groups is 1. The molecule has 1 unspecified atom stereocenters. The Balaban J connectivity index is 2.92. The van der Waals surface area contributed by atoms with Crippen LogP contribution in [0.15, 0.2) is 12.3 Å². The summed E-state index contributed by atoms with van der Waals surface area (Å²) in [6, 6.07) is 0.856. The third kappa shape index (κ3) is 4.25. The van der Waals surface area contributed by atoms with Crippen molar-refractivity contribution in [1.29, 1.82) is 0 Å². The van der Waals surface area contributed by atoms with Crippen molar-refractivity contribution < 1.29 is 23.0 Å². The van der Waals surface area contributed by atoms with E-state index in [2.05, 4.69) is 4.98 Å². The number of hydrogen-bond donors (Lipinski definition) is 2. The van der Waals surface area contributed by atoms with E-state index in [9.17, 15) is 18.3 Å². The zero-order valence-corrected chi connectivity index (χ0v) is 10.6. The van der Waals surface area contributed by atoms with Crippen LogP contribution in [0, 0.1) is 0 Å². The van der Waals surface area contributed by atoms with Crippen LogP contribution in [0.25, 0.3) is 0 Å². The SMILES string of the molecule is COCC(O)CN(C)c1cc(C(F)(F)F)ncc1N. The molecule has 0 aliphatic heterocycles. The van der Waals surface area contributed by atoms with Crippen molar-refractivity contribution >= 4 is 11.4 Å². The lowest BCUT2D eigenvalue weighted by Crippen LogP contribution is -2.32. The number of pyridine rings is 1. The van der Waals surface area contributed by atoms with Crippen LogP contribution in [0.3, 0.4) is 0 Å². The summed E-state index contributed by atoms with van der Waals surface area (Å²) in [6.07, 6.45) is -4.40.